The topological polar surface area (TPSA) is 119 Å². The van der Waals surface area contributed by atoms with Crippen LogP contribution in [-0.2, 0) is 4.57 Å². The molecule has 0 aliphatic rings. The molecule has 9 heteroatoms. The van der Waals surface area contributed by atoms with Crippen molar-refractivity contribution in [2.75, 3.05) is 0 Å². The zero-order valence-electron chi connectivity index (χ0n) is 9.51. The Bertz CT molecular complexity index is 583. The van der Waals surface area contributed by atoms with Crippen LogP contribution >= 0.6 is 7.60 Å². The quantitative estimate of drug-likeness (QED) is 0.620. The molecule has 7 nitrogen and oxygen atoms in total. The third-order valence-corrected chi connectivity index (χ3v) is 3.88. The van der Waals surface area contributed by atoms with Gasteiger partial charge in [0.15, 0.2) is 5.82 Å². The number of hydrogen-bond donors (Lipinski definition) is 4. The van der Waals surface area contributed by atoms with Gasteiger partial charge in [-0.05, 0) is 17.7 Å². The summed E-state index contributed by atoms with van der Waals surface area (Å²) in [6.45, 7) is 0. The van der Waals surface area contributed by atoms with Gasteiger partial charge >= 0.3 is 7.60 Å². The molecule has 0 fully saturated rings. The largest absolute Gasteiger partial charge is 0.384 e. The van der Waals surface area contributed by atoms with Crippen LogP contribution in [0, 0.1) is 5.82 Å². The highest BCUT2D eigenvalue weighted by Gasteiger charge is 2.39. The van der Waals surface area contributed by atoms with E-state index in [4.69, 9.17) is 0 Å². The zero-order valence-corrected chi connectivity index (χ0v) is 10.4. The fourth-order valence-corrected chi connectivity index (χ4v) is 2.78. The zero-order chi connectivity index (χ0) is 14.0. The van der Waals surface area contributed by atoms with Crippen molar-refractivity contribution in [3.05, 3.63) is 47.8 Å². The summed E-state index contributed by atoms with van der Waals surface area (Å²) >= 11 is 0. The minimum atomic E-state index is -4.68. The number of halogens is 1. The Labute approximate surface area is 107 Å². The number of aromatic amines is 1. The first-order valence-electron chi connectivity index (χ1n) is 5.24. The molecule has 1 aromatic carbocycles. The maximum atomic E-state index is 12.8. The molecule has 1 aromatic heterocycles. The van der Waals surface area contributed by atoms with Crippen LogP contribution in [0.2, 0.25) is 0 Å². The number of nitrogens with zero attached hydrogens (tertiary/aromatic N) is 2. The SMILES string of the molecule is O=P(O)(O)C(c1ccc(F)cc1)C(O)c1nc[nH]n1. The molecular formula is C10H11FN3O4P. The predicted octanol–water partition coefficient (Wildman–Crippen LogP) is 0.896. The second-order valence-corrected chi connectivity index (χ2v) is 5.62. The van der Waals surface area contributed by atoms with E-state index < -0.39 is 25.2 Å². The second-order valence-electron chi connectivity index (χ2n) is 3.89. The minimum Gasteiger partial charge on any atom is -0.384 e. The van der Waals surface area contributed by atoms with Crippen molar-refractivity contribution in [2.45, 2.75) is 11.8 Å². The van der Waals surface area contributed by atoms with Crippen molar-refractivity contribution in [2.24, 2.45) is 0 Å². The van der Waals surface area contributed by atoms with Crippen LogP contribution < -0.4 is 0 Å². The van der Waals surface area contributed by atoms with Crippen LogP contribution in [0.5, 0.6) is 0 Å². The van der Waals surface area contributed by atoms with Crippen molar-refractivity contribution in [3.8, 4) is 0 Å². The Kier molecular flexibility index (Phi) is 3.77. The van der Waals surface area contributed by atoms with Crippen molar-refractivity contribution < 1.29 is 23.8 Å². The summed E-state index contributed by atoms with van der Waals surface area (Å²) < 4.78 is 24.4. The summed E-state index contributed by atoms with van der Waals surface area (Å²) in [6.07, 6.45) is -0.419. The number of benzene rings is 1. The lowest BCUT2D eigenvalue weighted by Crippen LogP contribution is -2.13. The van der Waals surface area contributed by atoms with Crippen LogP contribution in [-0.4, -0.2) is 30.1 Å². The Morgan fingerprint density at radius 1 is 1.26 bits per heavy atom. The van der Waals surface area contributed by atoms with Gasteiger partial charge < -0.3 is 14.9 Å². The van der Waals surface area contributed by atoms with E-state index >= 15 is 0 Å². The first kappa shape index (κ1) is 13.8. The molecule has 2 rings (SSSR count). The van der Waals surface area contributed by atoms with Gasteiger partial charge in [-0.15, -0.1) is 0 Å². The molecule has 0 aliphatic heterocycles. The van der Waals surface area contributed by atoms with Crippen LogP contribution in [0.3, 0.4) is 0 Å². The molecule has 0 amide bonds. The summed E-state index contributed by atoms with van der Waals surface area (Å²) in [4.78, 5) is 22.4. The molecule has 0 saturated carbocycles. The van der Waals surface area contributed by atoms with Crippen LogP contribution in [0.15, 0.2) is 30.6 Å². The Balaban J connectivity index is 2.42. The first-order chi connectivity index (χ1) is 8.89. The standard InChI is InChI=1S/C10H11FN3O4P/c11-7-3-1-6(2-4-7)9(19(16,17)18)8(15)10-12-5-13-14-10/h1-5,8-9,15H,(H,12,13,14)(H2,16,17,18). The average molecular weight is 287 g/mol. The van der Waals surface area contributed by atoms with E-state index in [9.17, 15) is 23.8 Å². The van der Waals surface area contributed by atoms with Crippen LogP contribution in [0.4, 0.5) is 4.39 Å². The van der Waals surface area contributed by atoms with E-state index in [-0.39, 0.29) is 11.4 Å². The van der Waals surface area contributed by atoms with E-state index in [0.717, 1.165) is 12.1 Å². The summed E-state index contributed by atoms with van der Waals surface area (Å²) in [5.74, 6) is -0.682. The molecule has 0 spiro atoms. The number of rotatable bonds is 4. The Morgan fingerprint density at radius 2 is 1.89 bits per heavy atom. The van der Waals surface area contributed by atoms with Crippen LogP contribution in [0.25, 0.3) is 0 Å². The highest BCUT2D eigenvalue weighted by atomic mass is 31.2. The highest BCUT2D eigenvalue weighted by Crippen LogP contribution is 2.57. The summed E-state index contributed by atoms with van der Waals surface area (Å²) in [5, 5.41) is 15.9. The highest BCUT2D eigenvalue weighted by molar-refractivity contribution is 7.52. The minimum absolute atomic E-state index is 0.104. The number of nitrogens with one attached hydrogen (secondary N) is 1. The van der Waals surface area contributed by atoms with E-state index in [0.29, 0.717) is 0 Å². The van der Waals surface area contributed by atoms with Gasteiger partial charge in [0.2, 0.25) is 0 Å². The fourth-order valence-electron chi connectivity index (χ4n) is 1.72. The Hall–Kier alpha value is -1.60. The Morgan fingerprint density at radius 3 is 2.37 bits per heavy atom. The number of hydrogen-bond acceptors (Lipinski definition) is 4. The van der Waals surface area contributed by atoms with Gasteiger partial charge in [0.1, 0.15) is 23.9 Å². The number of H-pyrrole nitrogens is 1. The van der Waals surface area contributed by atoms with Gasteiger partial charge in [-0.25, -0.2) is 9.37 Å². The molecule has 0 saturated heterocycles. The summed E-state index contributed by atoms with van der Waals surface area (Å²) in [7, 11) is -4.68. The molecule has 0 aliphatic carbocycles. The lowest BCUT2D eigenvalue weighted by atomic mass is 10.1. The van der Waals surface area contributed by atoms with E-state index in [1.807, 2.05) is 0 Å². The maximum absolute atomic E-state index is 12.8. The van der Waals surface area contributed by atoms with E-state index in [1.165, 1.54) is 18.5 Å². The van der Waals surface area contributed by atoms with Crippen molar-refractivity contribution in [1.29, 1.82) is 0 Å². The predicted molar refractivity (Wildman–Crippen MR) is 62.5 cm³/mol. The normalized spacial score (nSPS) is 15.2. The van der Waals surface area contributed by atoms with Gasteiger partial charge in [-0.1, -0.05) is 12.1 Å². The fraction of sp³-hybridized carbons (Fsp3) is 0.200. The third kappa shape index (κ3) is 3.05. The van der Waals surface area contributed by atoms with Crippen LogP contribution in [0.1, 0.15) is 23.2 Å². The second kappa shape index (κ2) is 5.18. The van der Waals surface area contributed by atoms with Gasteiger partial charge in [0.25, 0.3) is 0 Å². The van der Waals surface area contributed by atoms with Gasteiger partial charge in [0, 0.05) is 0 Å². The molecule has 102 valence electrons. The van der Waals surface area contributed by atoms with Crippen molar-refractivity contribution in [3.63, 3.8) is 0 Å². The molecule has 2 unspecified atom stereocenters. The summed E-state index contributed by atoms with van der Waals surface area (Å²) in [5.41, 5.74) is -1.45. The van der Waals surface area contributed by atoms with Gasteiger partial charge in [-0.3, -0.25) is 9.66 Å². The lowest BCUT2D eigenvalue weighted by molar-refractivity contribution is 0.150. The molecule has 0 bridgehead atoms. The van der Waals surface area contributed by atoms with E-state index in [1.54, 1.807) is 0 Å². The molecular weight excluding hydrogens is 276 g/mol. The van der Waals surface area contributed by atoms with E-state index in [2.05, 4.69) is 15.2 Å². The molecule has 2 atom stereocenters. The first-order valence-corrected chi connectivity index (χ1v) is 6.92. The molecule has 4 N–H and O–H groups in total. The van der Waals surface area contributed by atoms with Crippen molar-refractivity contribution >= 4 is 7.60 Å². The average Bonchev–Trinajstić information content (AvgIpc) is 2.83. The number of aromatic nitrogens is 3. The number of aliphatic hydroxyl groups excluding tert-OH is 1. The maximum Gasteiger partial charge on any atom is 0.336 e. The van der Waals surface area contributed by atoms with Gasteiger partial charge in [0.05, 0.1) is 0 Å². The molecule has 1 heterocycles. The third-order valence-electron chi connectivity index (χ3n) is 2.57. The lowest BCUT2D eigenvalue weighted by Gasteiger charge is -2.22. The monoisotopic (exact) mass is 287 g/mol. The number of aliphatic hydroxyl groups is 1. The molecule has 19 heavy (non-hydrogen) atoms. The van der Waals surface area contributed by atoms with Gasteiger partial charge in [-0.2, -0.15) is 5.10 Å². The molecule has 2 aromatic rings. The van der Waals surface area contributed by atoms with Crippen molar-refractivity contribution in [1.82, 2.24) is 15.2 Å². The molecule has 0 radical (unpaired) electrons. The summed E-state index contributed by atoms with van der Waals surface area (Å²) in [6, 6.07) is 4.52. The smallest absolute Gasteiger partial charge is 0.336 e.